The molecular weight excluding hydrogens is 290 g/mol. The van der Waals surface area contributed by atoms with Crippen LogP contribution >= 0.6 is 0 Å². The van der Waals surface area contributed by atoms with E-state index in [2.05, 4.69) is 32.2 Å². The van der Waals surface area contributed by atoms with E-state index in [0.717, 1.165) is 40.9 Å². The normalized spacial score (nSPS) is 18.5. The van der Waals surface area contributed by atoms with Gasteiger partial charge in [-0.3, -0.25) is 5.10 Å². The summed E-state index contributed by atoms with van der Waals surface area (Å²) < 4.78 is 5.71. The Morgan fingerprint density at radius 3 is 2.96 bits per heavy atom. The maximum atomic E-state index is 5.80. The Morgan fingerprint density at radius 1 is 1.26 bits per heavy atom. The van der Waals surface area contributed by atoms with Crippen LogP contribution in [-0.4, -0.2) is 47.5 Å². The average Bonchev–Trinajstić information content (AvgIpc) is 3.10. The first-order valence-corrected chi connectivity index (χ1v) is 7.81. The van der Waals surface area contributed by atoms with Gasteiger partial charge in [0.05, 0.1) is 30.0 Å². The van der Waals surface area contributed by atoms with Gasteiger partial charge in [-0.05, 0) is 5.56 Å². The van der Waals surface area contributed by atoms with E-state index in [4.69, 9.17) is 10.5 Å². The molecule has 1 aromatic carbocycles. The summed E-state index contributed by atoms with van der Waals surface area (Å²) in [6, 6.07) is 10.3. The molecule has 0 spiro atoms. The van der Waals surface area contributed by atoms with E-state index in [1.807, 2.05) is 30.6 Å². The number of morpholine rings is 1. The molecule has 3 heterocycles. The molecular formula is C17H19N5O. The first kappa shape index (κ1) is 14.2. The van der Waals surface area contributed by atoms with Gasteiger partial charge in [0.2, 0.25) is 0 Å². The summed E-state index contributed by atoms with van der Waals surface area (Å²) in [5, 5.41) is 8.15. The van der Waals surface area contributed by atoms with Crippen molar-refractivity contribution >= 4 is 16.7 Å². The number of nitrogens with two attached hydrogens (primary N) is 1. The molecule has 0 unspecified atom stereocenters. The number of benzene rings is 1. The number of H-pyrrole nitrogens is 1. The van der Waals surface area contributed by atoms with Crippen molar-refractivity contribution in [2.45, 2.75) is 6.10 Å². The number of ether oxygens (including phenoxy) is 1. The molecule has 1 aliphatic rings. The van der Waals surface area contributed by atoms with Gasteiger partial charge in [-0.25, -0.2) is 4.98 Å². The molecule has 0 aliphatic carbocycles. The van der Waals surface area contributed by atoms with Crippen LogP contribution in [0.5, 0.6) is 0 Å². The number of fused-ring (bicyclic) bond motifs is 1. The minimum Gasteiger partial charge on any atom is -0.373 e. The summed E-state index contributed by atoms with van der Waals surface area (Å²) in [5.74, 6) is 0. The van der Waals surface area contributed by atoms with Crippen LogP contribution in [0.25, 0.3) is 22.2 Å². The minimum atomic E-state index is 0.0579. The monoisotopic (exact) mass is 309 g/mol. The fourth-order valence-corrected chi connectivity index (χ4v) is 3.12. The van der Waals surface area contributed by atoms with E-state index in [-0.39, 0.29) is 6.10 Å². The first-order valence-electron chi connectivity index (χ1n) is 7.81. The minimum absolute atomic E-state index is 0.0579. The van der Waals surface area contributed by atoms with E-state index in [9.17, 15) is 0 Å². The van der Waals surface area contributed by atoms with Crippen molar-refractivity contribution in [3.63, 3.8) is 0 Å². The van der Waals surface area contributed by atoms with Crippen LogP contribution in [0, 0.1) is 0 Å². The smallest absolute Gasteiger partial charge is 0.157 e. The van der Waals surface area contributed by atoms with Crippen LogP contribution in [0.2, 0.25) is 0 Å². The molecule has 0 radical (unpaired) electrons. The molecule has 3 aromatic rings. The van der Waals surface area contributed by atoms with Crippen LogP contribution in [0.1, 0.15) is 0 Å². The lowest BCUT2D eigenvalue weighted by Gasteiger charge is -2.35. The van der Waals surface area contributed by atoms with Gasteiger partial charge in [0.1, 0.15) is 0 Å². The third kappa shape index (κ3) is 2.56. The van der Waals surface area contributed by atoms with Crippen LogP contribution in [0.3, 0.4) is 0 Å². The zero-order valence-corrected chi connectivity index (χ0v) is 12.8. The fourth-order valence-electron chi connectivity index (χ4n) is 3.12. The highest BCUT2D eigenvalue weighted by atomic mass is 16.5. The number of hydrogen-bond acceptors (Lipinski definition) is 5. The average molecular weight is 309 g/mol. The van der Waals surface area contributed by atoms with E-state index in [1.54, 1.807) is 0 Å². The van der Waals surface area contributed by atoms with Gasteiger partial charge >= 0.3 is 0 Å². The molecule has 0 bridgehead atoms. The highest BCUT2D eigenvalue weighted by Crippen LogP contribution is 2.36. The third-order valence-corrected chi connectivity index (χ3v) is 4.25. The van der Waals surface area contributed by atoms with Gasteiger partial charge in [-0.2, -0.15) is 5.10 Å². The topological polar surface area (TPSA) is 80.1 Å². The number of nitrogens with zero attached hydrogens (tertiary/aromatic N) is 3. The zero-order chi connectivity index (χ0) is 15.6. The predicted octanol–water partition coefficient (Wildman–Crippen LogP) is 1.79. The summed E-state index contributed by atoms with van der Waals surface area (Å²) in [6.07, 6.45) is 3.82. The molecule has 6 nitrogen and oxygen atoms in total. The molecule has 0 saturated carbocycles. The van der Waals surface area contributed by atoms with Gasteiger partial charge in [-0.15, -0.1) is 0 Å². The summed E-state index contributed by atoms with van der Waals surface area (Å²) in [7, 11) is 0. The fraction of sp³-hybridized carbons (Fsp3) is 0.294. The van der Waals surface area contributed by atoms with E-state index < -0.39 is 0 Å². The van der Waals surface area contributed by atoms with Crippen molar-refractivity contribution in [3.05, 3.63) is 42.7 Å². The highest BCUT2D eigenvalue weighted by Gasteiger charge is 2.24. The van der Waals surface area contributed by atoms with Crippen molar-refractivity contribution in [2.75, 3.05) is 31.1 Å². The third-order valence-electron chi connectivity index (χ3n) is 4.25. The van der Waals surface area contributed by atoms with Crippen molar-refractivity contribution in [3.8, 4) is 11.1 Å². The Bertz CT molecular complexity index is 801. The molecule has 3 N–H and O–H groups in total. The second-order valence-corrected chi connectivity index (χ2v) is 5.69. The first-order chi connectivity index (χ1) is 11.4. The molecule has 1 atom stereocenters. The Labute approximate surface area is 134 Å². The quantitative estimate of drug-likeness (QED) is 0.771. The Kier molecular flexibility index (Phi) is 3.69. The standard InChI is InChI=1S/C17H19N5O/c18-8-13-11-22(6-7-23-13)16-14(12-4-2-1-3-5-12)9-19-17-15(16)10-20-21-17/h1-5,9-10,13H,6-8,11,18H2,(H,19,20,21)/t13-/m1/s1. The van der Waals surface area contributed by atoms with E-state index in [0.29, 0.717) is 13.2 Å². The molecule has 1 aliphatic heterocycles. The van der Waals surface area contributed by atoms with E-state index in [1.165, 1.54) is 0 Å². The lowest BCUT2D eigenvalue weighted by molar-refractivity contribution is 0.0467. The van der Waals surface area contributed by atoms with Gasteiger partial charge < -0.3 is 15.4 Å². The van der Waals surface area contributed by atoms with Crippen molar-refractivity contribution in [1.82, 2.24) is 15.2 Å². The van der Waals surface area contributed by atoms with Crippen LogP contribution in [0.15, 0.2) is 42.7 Å². The second kappa shape index (κ2) is 5.98. The van der Waals surface area contributed by atoms with Crippen LogP contribution < -0.4 is 10.6 Å². The molecule has 118 valence electrons. The number of aromatic nitrogens is 3. The summed E-state index contributed by atoms with van der Waals surface area (Å²) in [6.45, 7) is 2.82. The summed E-state index contributed by atoms with van der Waals surface area (Å²) >= 11 is 0. The molecule has 1 saturated heterocycles. The van der Waals surface area contributed by atoms with Crippen molar-refractivity contribution < 1.29 is 4.74 Å². The van der Waals surface area contributed by atoms with Gasteiger partial charge in [0.15, 0.2) is 5.65 Å². The lowest BCUT2D eigenvalue weighted by atomic mass is 10.0. The highest BCUT2D eigenvalue weighted by molar-refractivity contribution is 5.98. The molecule has 2 aromatic heterocycles. The second-order valence-electron chi connectivity index (χ2n) is 5.69. The molecule has 6 heteroatoms. The Morgan fingerprint density at radius 2 is 2.13 bits per heavy atom. The largest absolute Gasteiger partial charge is 0.373 e. The summed E-state index contributed by atoms with van der Waals surface area (Å²) in [5.41, 5.74) is 10.0. The van der Waals surface area contributed by atoms with E-state index >= 15 is 0 Å². The van der Waals surface area contributed by atoms with Gasteiger partial charge in [0.25, 0.3) is 0 Å². The number of hydrogen-bond donors (Lipinski definition) is 2. The number of pyridine rings is 1. The predicted molar refractivity (Wildman–Crippen MR) is 90.3 cm³/mol. The number of nitrogens with one attached hydrogen (secondary N) is 1. The zero-order valence-electron chi connectivity index (χ0n) is 12.8. The number of rotatable bonds is 3. The van der Waals surface area contributed by atoms with Crippen molar-refractivity contribution in [1.29, 1.82) is 0 Å². The number of anilines is 1. The Balaban J connectivity index is 1.87. The number of aromatic amines is 1. The maximum Gasteiger partial charge on any atom is 0.157 e. The van der Waals surface area contributed by atoms with Crippen molar-refractivity contribution in [2.24, 2.45) is 5.73 Å². The maximum absolute atomic E-state index is 5.80. The molecule has 23 heavy (non-hydrogen) atoms. The molecule has 4 rings (SSSR count). The molecule has 0 amide bonds. The van der Waals surface area contributed by atoms with Crippen LogP contribution in [-0.2, 0) is 4.74 Å². The molecule has 1 fully saturated rings. The Hall–Kier alpha value is -2.44. The van der Waals surface area contributed by atoms with Gasteiger partial charge in [-0.1, -0.05) is 30.3 Å². The summed E-state index contributed by atoms with van der Waals surface area (Å²) in [4.78, 5) is 6.85. The van der Waals surface area contributed by atoms with Gasteiger partial charge in [0, 0.05) is 31.4 Å². The lowest BCUT2D eigenvalue weighted by Crippen LogP contribution is -2.46. The van der Waals surface area contributed by atoms with Crippen LogP contribution in [0.4, 0.5) is 5.69 Å². The SMILES string of the molecule is NC[C@@H]1CN(c2c(-c3ccccc3)cnc3[nH]ncc23)CCO1.